The summed E-state index contributed by atoms with van der Waals surface area (Å²) in [6.45, 7) is 1.91. The molecule has 25 heavy (non-hydrogen) atoms. The number of hydrogen-bond acceptors (Lipinski definition) is 3. The molecule has 2 rings (SSSR count). The van der Waals surface area contributed by atoms with Crippen LogP contribution in [0.3, 0.4) is 0 Å². The van der Waals surface area contributed by atoms with Crippen molar-refractivity contribution in [2.24, 2.45) is 5.92 Å². The first-order valence-electron chi connectivity index (χ1n) is 7.77. The Morgan fingerprint density at radius 3 is 2.44 bits per heavy atom. The van der Waals surface area contributed by atoms with Gasteiger partial charge in [0.05, 0.1) is 18.6 Å². The van der Waals surface area contributed by atoms with Crippen molar-refractivity contribution < 1.29 is 23.1 Å². The molecular weight excluding hydrogens is 328 g/mol. The van der Waals surface area contributed by atoms with Crippen LogP contribution in [0.15, 0.2) is 42.5 Å². The van der Waals surface area contributed by atoms with E-state index in [0.717, 1.165) is 29.3 Å². The number of amides is 1. The first-order valence-corrected chi connectivity index (χ1v) is 7.77. The van der Waals surface area contributed by atoms with E-state index in [1.807, 2.05) is 31.2 Å². The molecule has 0 aromatic heterocycles. The molecule has 0 aliphatic carbocycles. The molecular formula is C19H19F2NO3. The molecule has 0 radical (unpaired) electrons. The van der Waals surface area contributed by atoms with Crippen molar-refractivity contribution in [2.45, 2.75) is 13.3 Å². The molecule has 0 bridgehead atoms. The molecule has 1 amide bonds. The van der Waals surface area contributed by atoms with E-state index in [-0.39, 0.29) is 6.54 Å². The summed E-state index contributed by atoms with van der Waals surface area (Å²) in [7, 11) is 1.26. The highest BCUT2D eigenvalue weighted by molar-refractivity contribution is 5.94. The number of esters is 1. The van der Waals surface area contributed by atoms with Crippen molar-refractivity contribution in [2.75, 3.05) is 13.7 Å². The number of hydrogen-bond donors (Lipinski definition) is 1. The number of halogens is 2. The predicted octanol–water partition coefficient (Wildman–Crippen LogP) is 3.03. The number of nitrogens with one attached hydrogen (secondary N) is 1. The van der Waals surface area contributed by atoms with Gasteiger partial charge in [-0.05, 0) is 37.1 Å². The Kier molecular flexibility index (Phi) is 6.22. The number of methoxy groups -OCH3 is 1. The number of rotatable bonds is 6. The van der Waals surface area contributed by atoms with Crippen LogP contribution in [0, 0.1) is 24.5 Å². The molecule has 0 fully saturated rings. The van der Waals surface area contributed by atoms with E-state index >= 15 is 0 Å². The van der Waals surface area contributed by atoms with Gasteiger partial charge in [-0.25, -0.2) is 8.78 Å². The Balaban J connectivity index is 2.06. The minimum Gasteiger partial charge on any atom is -0.469 e. The van der Waals surface area contributed by atoms with Gasteiger partial charge in [0.15, 0.2) is 0 Å². The number of carbonyl (C=O) groups is 2. The molecule has 0 saturated carbocycles. The Morgan fingerprint density at radius 1 is 1.12 bits per heavy atom. The monoisotopic (exact) mass is 347 g/mol. The summed E-state index contributed by atoms with van der Waals surface area (Å²) in [6, 6.07) is 10.3. The SMILES string of the molecule is COC(=O)C(CNC(=O)c1cc(F)ccc1F)Cc1ccc(C)cc1. The maximum Gasteiger partial charge on any atom is 0.310 e. The lowest BCUT2D eigenvalue weighted by atomic mass is 9.98. The number of carbonyl (C=O) groups excluding carboxylic acids is 2. The van der Waals surface area contributed by atoms with E-state index in [4.69, 9.17) is 4.74 Å². The highest BCUT2D eigenvalue weighted by atomic mass is 19.1. The fraction of sp³-hybridized carbons (Fsp3) is 0.263. The quantitative estimate of drug-likeness (QED) is 0.817. The van der Waals surface area contributed by atoms with E-state index in [1.54, 1.807) is 0 Å². The summed E-state index contributed by atoms with van der Waals surface area (Å²) < 4.78 is 31.6. The summed E-state index contributed by atoms with van der Waals surface area (Å²) >= 11 is 0. The van der Waals surface area contributed by atoms with E-state index in [9.17, 15) is 18.4 Å². The van der Waals surface area contributed by atoms with E-state index < -0.39 is 35.0 Å². The fourth-order valence-corrected chi connectivity index (χ4v) is 2.40. The van der Waals surface area contributed by atoms with Crippen LogP contribution in [0.4, 0.5) is 8.78 Å². The normalized spacial score (nSPS) is 11.7. The first kappa shape index (κ1) is 18.6. The second kappa shape index (κ2) is 8.37. The van der Waals surface area contributed by atoms with Crippen LogP contribution in [0.2, 0.25) is 0 Å². The zero-order valence-corrected chi connectivity index (χ0v) is 14.0. The topological polar surface area (TPSA) is 55.4 Å². The minimum absolute atomic E-state index is 0.0463. The van der Waals surface area contributed by atoms with Gasteiger partial charge in [-0.1, -0.05) is 29.8 Å². The predicted molar refractivity (Wildman–Crippen MR) is 89.1 cm³/mol. The molecule has 0 heterocycles. The zero-order chi connectivity index (χ0) is 18.4. The molecule has 1 atom stereocenters. The van der Waals surface area contributed by atoms with Crippen molar-refractivity contribution in [1.29, 1.82) is 0 Å². The Morgan fingerprint density at radius 2 is 1.80 bits per heavy atom. The van der Waals surface area contributed by atoms with Gasteiger partial charge < -0.3 is 10.1 Å². The summed E-state index contributed by atoms with van der Waals surface area (Å²) in [4.78, 5) is 24.0. The van der Waals surface area contributed by atoms with Gasteiger partial charge in [-0.15, -0.1) is 0 Å². The largest absolute Gasteiger partial charge is 0.469 e. The third kappa shape index (κ3) is 5.11. The maximum absolute atomic E-state index is 13.6. The minimum atomic E-state index is -0.827. The molecule has 132 valence electrons. The van der Waals surface area contributed by atoms with Gasteiger partial charge in [0, 0.05) is 6.54 Å². The van der Waals surface area contributed by atoms with Crippen LogP contribution >= 0.6 is 0 Å². The average molecular weight is 347 g/mol. The zero-order valence-electron chi connectivity index (χ0n) is 14.0. The van der Waals surface area contributed by atoms with Crippen LogP contribution in [0.5, 0.6) is 0 Å². The van der Waals surface area contributed by atoms with Crippen LogP contribution in [0.25, 0.3) is 0 Å². The standard InChI is InChI=1S/C19H19F2NO3/c1-12-3-5-13(6-4-12)9-14(19(24)25-2)11-22-18(23)16-10-15(20)7-8-17(16)21/h3-8,10,14H,9,11H2,1-2H3,(H,22,23). The van der Waals surface area contributed by atoms with Gasteiger partial charge in [-0.3, -0.25) is 9.59 Å². The molecule has 2 aromatic carbocycles. The molecule has 0 aliphatic heterocycles. The van der Waals surface area contributed by atoms with E-state index in [1.165, 1.54) is 7.11 Å². The average Bonchev–Trinajstić information content (AvgIpc) is 2.61. The molecule has 2 aromatic rings. The van der Waals surface area contributed by atoms with E-state index in [0.29, 0.717) is 6.42 Å². The van der Waals surface area contributed by atoms with E-state index in [2.05, 4.69) is 5.32 Å². The van der Waals surface area contributed by atoms with Crippen molar-refractivity contribution in [3.8, 4) is 0 Å². The molecule has 0 saturated heterocycles. The maximum atomic E-state index is 13.6. The molecule has 4 nitrogen and oxygen atoms in total. The van der Waals surface area contributed by atoms with Crippen molar-refractivity contribution in [1.82, 2.24) is 5.32 Å². The van der Waals surface area contributed by atoms with Crippen LogP contribution in [0.1, 0.15) is 21.5 Å². The highest BCUT2D eigenvalue weighted by Crippen LogP contribution is 2.13. The van der Waals surface area contributed by atoms with Crippen LogP contribution in [-0.2, 0) is 16.0 Å². The Labute approximate surface area is 144 Å². The Hall–Kier alpha value is -2.76. The lowest BCUT2D eigenvalue weighted by molar-refractivity contribution is -0.145. The number of aryl methyl sites for hydroxylation is 1. The van der Waals surface area contributed by atoms with Crippen molar-refractivity contribution in [3.05, 3.63) is 70.8 Å². The Bertz CT molecular complexity index is 760. The number of benzene rings is 2. The molecule has 1 unspecified atom stereocenters. The van der Waals surface area contributed by atoms with Gasteiger partial charge in [-0.2, -0.15) is 0 Å². The smallest absolute Gasteiger partial charge is 0.310 e. The lowest BCUT2D eigenvalue weighted by Crippen LogP contribution is -2.35. The van der Waals surface area contributed by atoms with Gasteiger partial charge in [0.2, 0.25) is 0 Å². The summed E-state index contributed by atoms with van der Waals surface area (Å²) in [5.41, 5.74) is 1.60. The molecule has 0 aliphatic rings. The van der Waals surface area contributed by atoms with Gasteiger partial charge >= 0.3 is 5.97 Å². The number of ether oxygens (including phenoxy) is 1. The summed E-state index contributed by atoms with van der Waals surface area (Å²) in [5.74, 6) is -3.44. The van der Waals surface area contributed by atoms with Crippen LogP contribution < -0.4 is 5.32 Å². The second-order valence-corrected chi connectivity index (χ2v) is 5.74. The van der Waals surface area contributed by atoms with Crippen LogP contribution in [-0.4, -0.2) is 25.5 Å². The third-order valence-electron chi connectivity index (χ3n) is 3.82. The summed E-state index contributed by atoms with van der Waals surface area (Å²) in [5, 5.41) is 2.47. The molecule has 0 spiro atoms. The lowest BCUT2D eigenvalue weighted by Gasteiger charge is -2.16. The van der Waals surface area contributed by atoms with Gasteiger partial charge in [0.1, 0.15) is 11.6 Å². The fourth-order valence-electron chi connectivity index (χ4n) is 2.40. The van der Waals surface area contributed by atoms with Gasteiger partial charge in [0.25, 0.3) is 5.91 Å². The summed E-state index contributed by atoms with van der Waals surface area (Å²) in [6.07, 6.45) is 0.360. The van der Waals surface area contributed by atoms with Crippen molar-refractivity contribution in [3.63, 3.8) is 0 Å². The first-order chi connectivity index (χ1) is 11.9. The molecule has 1 N–H and O–H groups in total. The third-order valence-corrected chi connectivity index (χ3v) is 3.82. The van der Waals surface area contributed by atoms with Crippen molar-refractivity contribution >= 4 is 11.9 Å². The molecule has 6 heteroatoms. The highest BCUT2D eigenvalue weighted by Gasteiger charge is 2.22. The second-order valence-electron chi connectivity index (χ2n) is 5.74.